The van der Waals surface area contributed by atoms with Gasteiger partial charge in [-0.25, -0.2) is 5.10 Å². The molecule has 6 heteroatoms. The zero-order chi connectivity index (χ0) is 12.3. The van der Waals surface area contributed by atoms with Crippen LogP contribution >= 0.6 is 11.8 Å². The molecule has 0 aliphatic rings. The highest BCUT2D eigenvalue weighted by Gasteiger charge is 2.11. The summed E-state index contributed by atoms with van der Waals surface area (Å²) >= 11 is 1.55. The van der Waals surface area contributed by atoms with Crippen LogP contribution in [0.4, 0.5) is 5.95 Å². The van der Waals surface area contributed by atoms with Crippen molar-refractivity contribution in [1.29, 1.82) is 0 Å². The van der Waals surface area contributed by atoms with Crippen molar-refractivity contribution in [1.82, 2.24) is 15.2 Å². The molecule has 1 aromatic carbocycles. The fraction of sp³-hybridized carbons (Fsp3) is 0.273. The van der Waals surface area contributed by atoms with Gasteiger partial charge in [0.2, 0.25) is 11.1 Å². The van der Waals surface area contributed by atoms with Crippen LogP contribution < -0.4 is 10.5 Å². The first-order valence-corrected chi connectivity index (χ1v) is 6.05. The monoisotopic (exact) mass is 250 g/mol. The van der Waals surface area contributed by atoms with Gasteiger partial charge in [-0.15, -0.1) is 5.10 Å². The van der Waals surface area contributed by atoms with E-state index in [0.717, 1.165) is 11.3 Å². The summed E-state index contributed by atoms with van der Waals surface area (Å²) in [7, 11) is 1.66. The number of nitrogen functional groups attached to an aromatic ring is 1. The number of H-pyrrole nitrogens is 1. The smallest absolute Gasteiger partial charge is 0.216 e. The van der Waals surface area contributed by atoms with E-state index in [2.05, 4.69) is 28.2 Å². The zero-order valence-corrected chi connectivity index (χ0v) is 10.5. The number of anilines is 1. The summed E-state index contributed by atoms with van der Waals surface area (Å²) in [6, 6.07) is 7.95. The molecule has 0 saturated heterocycles. The highest BCUT2D eigenvalue weighted by molar-refractivity contribution is 7.99. The molecule has 0 bridgehead atoms. The van der Waals surface area contributed by atoms with Gasteiger partial charge >= 0.3 is 0 Å². The van der Waals surface area contributed by atoms with Gasteiger partial charge in [0.05, 0.1) is 7.11 Å². The molecule has 3 N–H and O–H groups in total. The third kappa shape index (κ3) is 2.91. The Bertz CT molecular complexity index is 500. The Labute approximate surface area is 104 Å². The van der Waals surface area contributed by atoms with Gasteiger partial charge in [-0.1, -0.05) is 23.9 Å². The summed E-state index contributed by atoms with van der Waals surface area (Å²) < 4.78 is 5.19. The molecule has 1 atom stereocenters. The number of nitrogens with two attached hydrogens (primary N) is 1. The van der Waals surface area contributed by atoms with Crippen LogP contribution in [0.2, 0.25) is 0 Å². The number of ether oxygens (including phenoxy) is 1. The van der Waals surface area contributed by atoms with Crippen molar-refractivity contribution >= 4 is 17.7 Å². The van der Waals surface area contributed by atoms with Crippen LogP contribution in [-0.2, 0) is 0 Å². The van der Waals surface area contributed by atoms with Gasteiger partial charge in [-0.05, 0) is 24.6 Å². The van der Waals surface area contributed by atoms with Crippen molar-refractivity contribution in [3.05, 3.63) is 29.8 Å². The Balaban J connectivity index is 2.11. The summed E-state index contributed by atoms with van der Waals surface area (Å²) in [6.07, 6.45) is 0. The lowest BCUT2D eigenvalue weighted by atomic mass is 10.1. The molecule has 90 valence electrons. The molecule has 5 nitrogen and oxygen atoms in total. The lowest BCUT2D eigenvalue weighted by molar-refractivity contribution is 0.414. The Morgan fingerprint density at radius 1 is 1.47 bits per heavy atom. The summed E-state index contributed by atoms with van der Waals surface area (Å²) in [6.45, 7) is 2.09. The van der Waals surface area contributed by atoms with E-state index in [4.69, 9.17) is 10.5 Å². The Morgan fingerprint density at radius 3 is 2.94 bits per heavy atom. The fourth-order valence-corrected chi connectivity index (χ4v) is 2.28. The molecular weight excluding hydrogens is 236 g/mol. The van der Waals surface area contributed by atoms with Gasteiger partial charge in [0, 0.05) is 5.25 Å². The van der Waals surface area contributed by atoms with Crippen LogP contribution in [0.25, 0.3) is 0 Å². The summed E-state index contributed by atoms with van der Waals surface area (Å²) in [5.74, 6) is 1.19. The van der Waals surface area contributed by atoms with E-state index in [9.17, 15) is 0 Å². The van der Waals surface area contributed by atoms with Crippen LogP contribution in [0.3, 0.4) is 0 Å². The first-order valence-electron chi connectivity index (χ1n) is 5.17. The van der Waals surface area contributed by atoms with Gasteiger partial charge in [0.1, 0.15) is 5.75 Å². The predicted molar refractivity (Wildman–Crippen MR) is 68.1 cm³/mol. The number of nitrogens with zero attached hydrogens (tertiary/aromatic N) is 2. The molecule has 1 heterocycles. The SMILES string of the molecule is COc1cccc(C(C)Sc2n[nH]c(N)n2)c1. The molecule has 1 unspecified atom stereocenters. The lowest BCUT2D eigenvalue weighted by Gasteiger charge is -2.10. The maximum atomic E-state index is 5.48. The van der Waals surface area contributed by atoms with E-state index < -0.39 is 0 Å². The molecule has 17 heavy (non-hydrogen) atoms. The third-order valence-corrected chi connectivity index (χ3v) is 3.35. The average molecular weight is 250 g/mol. The second kappa shape index (κ2) is 5.09. The van der Waals surface area contributed by atoms with Crippen LogP contribution in [-0.4, -0.2) is 22.3 Å². The van der Waals surface area contributed by atoms with Crippen molar-refractivity contribution in [3.63, 3.8) is 0 Å². The Hall–Kier alpha value is -1.69. The van der Waals surface area contributed by atoms with Crippen molar-refractivity contribution in [2.45, 2.75) is 17.3 Å². The quantitative estimate of drug-likeness (QED) is 0.814. The number of methoxy groups -OCH3 is 1. The number of hydrogen-bond acceptors (Lipinski definition) is 5. The summed E-state index contributed by atoms with van der Waals surface area (Å²) in [5.41, 5.74) is 6.64. The van der Waals surface area contributed by atoms with Crippen LogP contribution in [0.5, 0.6) is 5.75 Å². The standard InChI is InChI=1S/C11H14N4OS/c1-7(17-11-13-10(12)14-15-11)8-4-3-5-9(6-8)16-2/h3-7H,1-2H3,(H3,12,13,14,15). The van der Waals surface area contributed by atoms with Crippen LogP contribution in [0.15, 0.2) is 29.4 Å². The summed E-state index contributed by atoms with van der Waals surface area (Å²) in [4.78, 5) is 4.06. The molecule has 0 amide bonds. The molecule has 2 rings (SSSR count). The van der Waals surface area contributed by atoms with Crippen LogP contribution in [0.1, 0.15) is 17.7 Å². The van der Waals surface area contributed by atoms with E-state index in [-0.39, 0.29) is 5.25 Å². The molecule has 0 fully saturated rings. The van der Waals surface area contributed by atoms with Gasteiger partial charge in [0.15, 0.2) is 0 Å². The normalized spacial score (nSPS) is 12.4. The summed E-state index contributed by atoms with van der Waals surface area (Å²) in [5, 5.41) is 7.50. The molecule has 0 aliphatic heterocycles. The molecular formula is C11H14N4OS. The molecule has 0 spiro atoms. The van der Waals surface area contributed by atoms with E-state index in [1.165, 1.54) is 0 Å². The minimum Gasteiger partial charge on any atom is -0.497 e. The second-order valence-corrected chi connectivity index (χ2v) is 4.85. The predicted octanol–water partition coefficient (Wildman–Crippen LogP) is 2.25. The zero-order valence-electron chi connectivity index (χ0n) is 9.68. The number of rotatable bonds is 4. The first-order chi connectivity index (χ1) is 8.19. The maximum absolute atomic E-state index is 5.48. The fourth-order valence-electron chi connectivity index (χ4n) is 1.43. The molecule has 0 aliphatic carbocycles. The Morgan fingerprint density at radius 2 is 2.29 bits per heavy atom. The largest absolute Gasteiger partial charge is 0.497 e. The van der Waals surface area contributed by atoms with Gasteiger partial charge in [0.25, 0.3) is 0 Å². The van der Waals surface area contributed by atoms with Crippen molar-refractivity contribution < 1.29 is 4.74 Å². The van der Waals surface area contributed by atoms with Gasteiger partial charge < -0.3 is 10.5 Å². The van der Waals surface area contributed by atoms with Gasteiger partial charge in [-0.3, -0.25) is 0 Å². The third-order valence-electron chi connectivity index (χ3n) is 2.33. The second-order valence-electron chi connectivity index (χ2n) is 3.54. The topological polar surface area (TPSA) is 76.8 Å². The first kappa shape index (κ1) is 11.8. The van der Waals surface area contributed by atoms with E-state index in [1.807, 2.05) is 18.2 Å². The average Bonchev–Trinajstić information content (AvgIpc) is 2.75. The van der Waals surface area contributed by atoms with E-state index >= 15 is 0 Å². The number of aromatic amines is 1. The number of benzene rings is 1. The molecule has 2 aromatic rings. The number of nitrogens with one attached hydrogen (secondary N) is 1. The highest BCUT2D eigenvalue weighted by Crippen LogP contribution is 2.33. The Kier molecular flexibility index (Phi) is 3.53. The number of thioether (sulfide) groups is 1. The highest BCUT2D eigenvalue weighted by atomic mass is 32.2. The molecule has 0 radical (unpaired) electrons. The van der Waals surface area contributed by atoms with Gasteiger partial charge in [-0.2, -0.15) is 4.98 Å². The van der Waals surface area contributed by atoms with E-state index in [0.29, 0.717) is 11.1 Å². The number of hydrogen-bond donors (Lipinski definition) is 2. The number of aromatic nitrogens is 3. The van der Waals surface area contributed by atoms with Crippen molar-refractivity contribution in [2.75, 3.05) is 12.8 Å². The van der Waals surface area contributed by atoms with E-state index in [1.54, 1.807) is 18.9 Å². The molecule has 1 aromatic heterocycles. The van der Waals surface area contributed by atoms with Crippen molar-refractivity contribution in [2.24, 2.45) is 0 Å². The minimum atomic E-state index is 0.236. The van der Waals surface area contributed by atoms with Crippen molar-refractivity contribution in [3.8, 4) is 5.75 Å². The minimum absolute atomic E-state index is 0.236. The molecule has 0 saturated carbocycles. The lowest BCUT2D eigenvalue weighted by Crippen LogP contribution is -1.91. The van der Waals surface area contributed by atoms with Crippen LogP contribution in [0, 0.1) is 0 Å². The maximum Gasteiger partial charge on any atom is 0.216 e.